The molecule has 0 saturated carbocycles. The van der Waals surface area contributed by atoms with E-state index in [1.54, 1.807) is 30.3 Å². The second-order valence-electron chi connectivity index (χ2n) is 7.40. The lowest BCUT2D eigenvalue weighted by atomic mass is 10.1. The maximum Gasteiger partial charge on any atom is 0.442 e. The summed E-state index contributed by atoms with van der Waals surface area (Å²) in [5, 5.41) is 1.84. The molecule has 1 aromatic heterocycles. The summed E-state index contributed by atoms with van der Waals surface area (Å²) in [5.74, 6) is -2.61. The van der Waals surface area contributed by atoms with Crippen molar-refractivity contribution in [2.45, 2.75) is 18.3 Å². The quantitative estimate of drug-likeness (QED) is 0.621. The lowest BCUT2D eigenvalue weighted by Crippen LogP contribution is -2.63. The number of hydrogen-bond acceptors (Lipinski definition) is 4. The molecule has 1 aliphatic rings. The van der Waals surface area contributed by atoms with E-state index in [1.165, 1.54) is 18.3 Å². The standard InChI is InChI=1S/C24H19F3N4O2/c25-24(26,27)23(30-21(32)19-12-7-14-28-16-19)22(33)31(15-13-17-8-3-1-4-9-17)20(29-23)18-10-5-2-6-11-18/h1-12,14,16H,13,15H2,(H,30,32). The van der Waals surface area contributed by atoms with E-state index >= 15 is 0 Å². The molecule has 33 heavy (non-hydrogen) atoms. The van der Waals surface area contributed by atoms with E-state index in [4.69, 9.17) is 0 Å². The Morgan fingerprint density at radius 2 is 1.64 bits per heavy atom. The van der Waals surface area contributed by atoms with E-state index in [0.717, 1.165) is 16.7 Å². The number of carbonyl (C=O) groups excluding carboxylic acids is 2. The monoisotopic (exact) mass is 452 g/mol. The Hall–Kier alpha value is -4.01. The second kappa shape index (κ2) is 8.85. The summed E-state index contributed by atoms with van der Waals surface area (Å²) in [7, 11) is 0. The molecular formula is C24H19F3N4O2. The molecule has 3 aromatic rings. The number of aromatic nitrogens is 1. The minimum absolute atomic E-state index is 0.0445. The Bertz CT molecular complexity index is 1170. The predicted octanol–water partition coefficient (Wildman–Crippen LogP) is 3.60. The Labute approximate surface area is 187 Å². The third-order valence-corrected chi connectivity index (χ3v) is 5.21. The number of pyridine rings is 1. The molecule has 6 nitrogen and oxygen atoms in total. The van der Waals surface area contributed by atoms with E-state index in [-0.39, 0.29) is 17.9 Å². The smallest absolute Gasteiger partial charge is 0.312 e. The first-order valence-corrected chi connectivity index (χ1v) is 10.1. The predicted molar refractivity (Wildman–Crippen MR) is 115 cm³/mol. The molecular weight excluding hydrogens is 433 g/mol. The number of halogens is 3. The summed E-state index contributed by atoms with van der Waals surface area (Å²) >= 11 is 0. The van der Waals surface area contributed by atoms with Crippen LogP contribution in [0.1, 0.15) is 21.5 Å². The van der Waals surface area contributed by atoms with Crippen molar-refractivity contribution in [3.05, 3.63) is 102 Å². The maximum absolute atomic E-state index is 14.4. The Morgan fingerprint density at radius 1 is 0.970 bits per heavy atom. The summed E-state index contributed by atoms with van der Waals surface area (Å²) in [6, 6.07) is 19.9. The van der Waals surface area contributed by atoms with Gasteiger partial charge in [-0.2, -0.15) is 13.2 Å². The highest BCUT2D eigenvalue weighted by Crippen LogP contribution is 2.38. The zero-order chi connectivity index (χ0) is 23.5. The number of amidine groups is 1. The van der Waals surface area contributed by atoms with Gasteiger partial charge in [0.15, 0.2) is 0 Å². The van der Waals surface area contributed by atoms with Crippen LogP contribution in [0, 0.1) is 0 Å². The van der Waals surface area contributed by atoms with Crippen LogP contribution >= 0.6 is 0 Å². The molecule has 9 heteroatoms. The molecule has 0 radical (unpaired) electrons. The van der Waals surface area contributed by atoms with Crippen LogP contribution in [0.5, 0.6) is 0 Å². The molecule has 1 aliphatic heterocycles. The average molecular weight is 452 g/mol. The van der Waals surface area contributed by atoms with Gasteiger partial charge in [0.25, 0.3) is 11.8 Å². The van der Waals surface area contributed by atoms with Gasteiger partial charge in [0, 0.05) is 24.5 Å². The van der Waals surface area contributed by atoms with Crippen molar-refractivity contribution in [1.29, 1.82) is 0 Å². The van der Waals surface area contributed by atoms with Gasteiger partial charge in [0.1, 0.15) is 5.84 Å². The number of benzene rings is 2. The molecule has 2 amide bonds. The van der Waals surface area contributed by atoms with E-state index < -0.39 is 23.7 Å². The van der Waals surface area contributed by atoms with Gasteiger partial charge in [-0.25, -0.2) is 4.99 Å². The van der Waals surface area contributed by atoms with Crippen molar-refractivity contribution >= 4 is 17.6 Å². The van der Waals surface area contributed by atoms with E-state index in [9.17, 15) is 22.8 Å². The number of nitrogens with zero attached hydrogens (tertiary/aromatic N) is 3. The van der Waals surface area contributed by atoms with E-state index in [0.29, 0.717) is 12.0 Å². The molecule has 0 bridgehead atoms. The first-order chi connectivity index (χ1) is 15.8. The van der Waals surface area contributed by atoms with Crippen LogP contribution in [-0.2, 0) is 11.2 Å². The van der Waals surface area contributed by atoms with Crippen LogP contribution in [0.2, 0.25) is 0 Å². The van der Waals surface area contributed by atoms with Crippen LogP contribution in [-0.4, -0.2) is 45.9 Å². The molecule has 0 aliphatic carbocycles. The van der Waals surface area contributed by atoms with Crippen molar-refractivity contribution in [3.8, 4) is 0 Å². The van der Waals surface area contributed by atoms with Gasteiger partial charge in [-0.05, 0) is 24.1 Å². The SMILES string of the molecule is O=C(NC1(C(F)(F)F)N=C(c2ccccc2)N(CCc2ccccc2)C1=O)c1cccnc1. The molecule has 0 saturated heterocycles. The third-order valence-electron chi connectivity index (χ3n) is 5.21. The second-order valence-corrected chi connectivity index (χ2v) is 7.40. The van der Waals surface area contributed by atoms with Gasteiger partial charge >= 0.3 is 11.8 Å². The van der Waals surface area contributed by atoms with Crippen molar-refractivity contribution in [3.63, 3.8) is 0 Å². The highest BCUT2D eigenvalue weighted by molar-refractivity contribution is 6.16. The number of aliphatic imine (C=N–C) groups is 1. The number of alkyl halides is 3. The van der Waals surface area contributed by atoms with Gasteiger partial charge in [-0.3, -0.25) is 19.5 Å². The minimum atomic E-state index is -5.18. The van der Waals surface area contributed by atoms with E-state index in [1.807, 2.05) is 35.6 Å². The molecule has 1 N–H and O–H groups in total. The fraction of sp³-hybridized carbons (Fsp3) is 0.167. The summed E-state index contributed by atoms with van der Waals surface area (Å²) < 4.78 is 43.1. The zero-order valence-corrected chi connectivity index (χ0v) is 17.3. The lowest BCUT2D eigenvalue weighted by molar-refractivity contribution is -0.196. The molecule has 1 atom stereocenters. The Morgan fingerprint density at radius 3 is 2.24 bits per heavy atom. The first kappa shape index (κ1) is 22.2. The summed E-state index contributed by atoms with van der Waals surface area (Å²) in [6.07, 6.45) is -2.37. The molecule has 0 spiro atoms. The molecule has 168 valence electrons. The number of carbonyl (C=O) groups is 2. The minimum Gasteiger partial charge on any atom is -0.312 e. The maximum atomic E-state index is 14.4. The van der Waals surface area contributed by atoms with Crippen molar-refractivity contribution in [1.82, 2.24) is 15.2 Å². The topological polar surface area (TPSA) is 74.7 Å². The van der Waals surface area contributed by atoms with Crippen molar-refractivity contribution in [2.24, 2.45) is 4.99 Å². The Balaban J connectivity index is 1.74. The highest BCUT2D eigenvalue weighted by atomic mass is 19.4. The molecule has 0 fully saturated rings. The molecule has 2 heterocycles. The zero-order valence-electron chi connectivity index (χ0n) is 17.3. The number of rotatable bonds is 6. The van der Waals surface area contributed by atoms with Crippen LogP contribution < -0.4 is 5.32 Å². The molecule has 2 aromatic carbocycles. The fourth-order valence-corrected chi connectivity index (χ4v) is 3.53. The summed E-state index contributed by atoms with van der Waals surface area (Å²) in [5.41, 5.74) is -2.38. The van der Waals surface area contributed by atoms with Crippen LogP contribution in [0.4, 0.5) is 13.2 Å². The lowest BCUT2D eigenvalue weighted by Gasteiger charge is -2.29. The van der Waals surface area contributed by atoms with Crippen molar-refractivity contribution in [2.75, 3.05) is 6.54 Å². The number of nitrogens with one attached hydrogen (secondary N) is 1. The van der Waals surface area contributed by atoms with Gasteiger partial charge in [-0.15, -0.1) is 0 Å². The molecule has 4 rings (SSSR count). The van der Waals surface area contributed by atoms with E-state index in [2.05, 4.69) is 9.98 Å². The van der Waals surface area contributed by atoms with Crippen molar-refractivity contribution < 1.29 is 22.8 Å². The molecule has 1 unspecified atom stereocenters. The Kier molecular flexibility index (Phi) is 5.95. The van der Waals surface area contributed by atoms with Crippen LogP contribution in [0.15, 0.2) is 90.2 Å². The average Bonchev–Trinajstić information content (AvgIpc) is 3.12. The summed E-state index contributed by atoms with van der Waals surface area (Å²) in [6.45, 7) is -0.0445. The van der Waals surface area contributed by atoms with Gasteiger partial charge in [0.2, 0.25) is 0 Å². The first-order valence-electron chi connectivity index (χ1n) is 10.1. The highest BCUT2D eigenvalue weighted by Gasteiger charge is 2.67. The number of hydrogen-bond donors (Lipinski definition) is 1. The van der Waals surface area contributed by atoms with Crippen LogP contribution in [0.25, 0.3) is 0 Å². The largest absolute Gasteiger partial charge is 0.442 e. The fourth-order valence-electron chi connectivity index (χ4n) is 3.53. The summed E-state index contributed by atoms with van der Waals surface area (Å²) in [4.78, 5) is 34.5. The van der Waals surface area contributed by atoms with Gasteiger partial charge in [0.05, 0.1) is 5.56 Å². The van der Waals surface area contributed by atoms with Gasteiger partial charge in [-0.1, -0.05) is 60.7 Å². The normalized spacial score (nSPS) is 18.2. The van der Waals surface area contributed by atoms with Gasteiger partial charge < -0.3 is 5.32 Å². The van der Waals surface area contributed by atoms with Crippen LogP contribution in [0.3, 0.4) is 0 Å². The third kappa shape index (κ3) is 4.34. The number of amides is 2.